The molecule has 3 fully saturated rings. The minimum atomic E-state index is -0.766. The first kappa shape index (κ1) is 39.7. The van der Waals surface area contributed by atoms with Gasteiger partial charge in [0.15, 0.2) is 11.6 Å². The van der Waals surface area contributed by atoms with Crippen molar-refractivity contribution in [1.29, 1.82) is 0 Å². The Morgan fingerprint density at radius 3 is 2.52 bits per heavy atom. The summed E-state index contributed by atoms with van der Waals surface area (Å²) in [5.74, 6) is -0.679. The van der Waals surface area contributed by atoms with Crippen LogP contribution in [0.5, 0.6) is 0 Å². The van der Waals surface area contributed by atoms with Crippen LogP contribution in [-0.4, -0.2) is 72.8 Å². The topological polar surface area (TPSA) is 155 Å². The third-order valence-corrected chi connectivity index (χ3v) is 14.4. The molecule has 2 atom stereocenters. The molecule has 8 aromatic rings. The van der Waals surface area contributed by atoms with Crippen LogP contribution in [0, 0.1) is 11.6 Å². The summed E-state index contributed by atoms with van der Waals surface area (Å²) in [5.41, 5.74) is 4.71. The third kappa shape index (κ3) is 6.14. The quantitative estimate of drug-likeness (QED) is 0.167. The molecule has 65 heavy (non-hydrogen) atoms. The first-order chi connectivity index (χ1) is 31.3. The first-order valence-corrected chi connectivity index (χ1v) is 22.3. The standard InChI is InChI=1S/C48H46F2N10O5/c1-26-39-36(53-60(30-7-8-35(49)32(22-30)27-5-6-27)42(39)59-19-18-58(46(59)63)38-10-9-37-34(40(38)50)25-51-55(37)4)12-17-56(26)43(61)33-23-31-21-28(29-13-20-64-47(2,3)24-29)11-16-57(31)41(33)48(14-15-48)44-52-45(62)65-54-44/h7-11,16,18-19,21-23,25-27,29H,5-6,12-15,17,20,24H2,1-4H3,(H,52,54,62). The van der Waals surface area contributed by atoms with E-state index in [0.29, 0.717) is 77.6 Å². The van der Waals surface area contributed by atoms with Gasteiger partial charge < -0.3 is 14.0 Å². The van der Waals surface area contributed by atoms with Crippen LogP contribution in [-0.2, 0) is 23.6 Å². The van der Waals surface area contributed by atoms with Gasteiger partial charge in [-0.25, -0.2) is 23.1 Å². The van der Waals surface area contributed by atoms with Gasteiger partial charge in [-0.3, -0.25) is 28.1 Å². The SMILES string of the molecule is CC1c2c(nn(-c3ccc(F)c(C4CC4)c3)c2-n2ccn(-c3ccc4c(cnn4C)c3F)c2=O)CCN1C(=O)c1cc2cc(C3CCOC(C)(C)C3)ccn2c1C1(c2noc(=O)[nH]2)CC1. The number of aromatic nitrogens is 9. The number of H-pyrrole nitrogens is 1. The minimum absolute atomic E-state index is 0.0521. The van der Waals surface area contributed by atoms with E-state index < -0.39 is 28.7 Å². The number of carbonyl (C=O) groups is 1. The van der Waals surface area contributed by atoms with Crippen molar-refractivity contribution in [2.24, 2.45) is 7.05 Å². The van der Waals surface area contributed by atoms with E-state index >= 15 is 13.6 Å². The van der Waals surface area contributed by atoms with Crippen LogP contribution < -0.4 is 11.4 Å². The van der Waals surface area contributed by atoms with Crippen LogP contribution in [0.3, 0.4) is 0 Å². The molecule has 2 aromatic carbocycles. The summed E-state index contributed by atoms with van der Waals surface area (Å²) >= 11 is 0. The van der Waals surface area contributed by atoms with E-state index in [9.17, 15) is 9.59 Å². The highest BCUT2D eigenvalue weighted by atomic mass is 19.1. The lowest BCUT2D eigenvalue weighted by atomic mass is 9.84. The van der Waals surface area contributed by atoms with Crippen LogP contribution >= 0.6 is 0 Å². The normalized spacial score (nSPS) is 20.2. The zero-order valence-corrected chi connectivity index (χ0v) is 36.3. The Labute approximate surface area is 369 Å². The summed E-state index contributed by atoms with van der Waals surface area (Å²) in [5, 5.41) is 13.7. The molecule has 1 saturated heterocycles. The molecule has 12 rings (SSSR count). The third-order valence-electron chi connectivity index (χ3n) is 14.4. The molecule has 4 aliphatic rings. The highest BCUT2D eigenvalue weighted by Crippen LogP contribution is 2.54. The number of benzene rings is 2. The highest BCUT2D eigenvalue weighted by molar-refractivity contribution is 5.98. The Hall–Kier alpha value is -6.88. The second kappa shape index (κ2) is 14.1. The van der Waals surface area contributed by atoms with Crippen LogP contribution in [0.15, 0.2) is 87.4 Å². The average Bonchev–Trinajstić information content (AvgIpc) is 4.03. The van der Waals surface area contributed by atoms with E-state index in [0.717, 1.165) is 42.5 Å². The van der Waals surface area contributed by atoms with E-state index in [2.05, 4.69) is 41.2 Å². The summed E-state index contributed by atoms with van der Waals surface area (Å²) in [7, 11) is 1.72. The zero-order chi connectivity index (χ0) is 44.7. The molecule has 0 spiro atoms. The molecule has 2 unspecified atom stereocenters. The van der Waals surface area contributed by atoms with Crippen molar-refractivity contribution in [3.05, 3.63) is 145 Å². The molecular formula is C48H46F2N10O5. The number of imidazole rings is 1. The van der Waals surface area contributed by atoms with Crippen molar-refractivity contribution in [3.8, 4) is 17.2 Å². The number of hydrogen-bond acceptors (Lipinski definition) is 8. The van der Waals surface area contributed by atoms with E-state index in [-0.39, 0.29) is 40.2 Å². The fourth-order valence-electron chi connectivity index (χ4n) is 10.7. The first-order valence-electron chi connectivity index (χ1n) is 22.3. The predicted molar refractivity (Wildman–Crippen MR) is 234 cm³/mol. The van der Waals surface area contributed by atoms with Gasteiger partial charge in [0.2, 0.25) is 0 Å². The average molecular weight is 881 g/mol. The monoisotopic (exact) mass is 880 g/mol. The van der Waals surface area contributed by atoms with Gasteiger partial charge in [0, 0.05) is 62.0 Å². The Morgan fingerprint density at radius 1 is 0.954 bits per heavy atom. The van der Waals surface area contributed by atoms with Crippen molar-refractivity contribution in [2.75, 3.05) is 13.2 Å². The summed E-state index contributed by atoms with van der Waals surface area (Å²) < 4.78 is 50.4. The molecule has 332 valence electrons. The van der Waals surface area contributed by atoms with Gasteiger partial charge in [-0.05, 0) is 131 Å². The maximum atomic E-state index is 16.1. The molecule has 0 radical (unpaired) electrons. The van der Waals surface area contributed by atoms with E-state index in [1.807, 2.05) is 23.6 Å². The van der Waals surface area contributed by atoms with E-state index in [1.54, 1.807) is 51.8 Å². The van der Waals surface area contributed by atoms with Crippen molar-refractivity contribution in [2.45, 2.75) is 94.6 Å². The number of nitrogens with one attached hydrogen (secondary N) is 1. The smallest absolute Gasteiger partial charge is 0.376 e. The van der Waals surface area contributed by atoms with Gasteiger partial charge in [-0.1, -0.05) is 5.16 Å². The lowest BCUT2D eigenvalue weighted by Crippen LogP contribution is -2.40. The summed E-state index contributed by atoms with van der Waals surface area (Å²) in [6.45, 7) is 7.12. The van der Waals surface area contributed by atoms with Crippen molar-refractivity contribution in [1.82, 2.24) is 48.1 Å². The molecule has 2 saturated carbocycles. The zero-order valence-electron chi connectivity index (χ0n) is 36.3. The second-order valence-electron chi connectivity index (χ2n) is 18.9. The number of nitrogens with zero attached hydrogens (tertiary/aromatic N) is 9. The van der Waals surface area contributed by atoms with Crippen LogP contribution in [0.2, 0.25) is 0 Å². The maximum absolute atomic E-state index is 16.1. The van der Waals surface area contributed by atoms with Crippen molar-refractivity contribution < 1.29 is 22.8 Å². The molecular weight excluding hydrogens is 835 g/mol. The Kier molecular flexibility index (Phi) is 8.58. The minimum Gasteiger partial charge on any atom is -0.376 e. The van der Waals surface area contributed by atoms with Gasteiger partial charge >= 0.3 is 11.4 Å². The number of amides is 1. The lowest BCUT2D eigenvalue weighted by molar-refractivity contribution is -0.0593. The van der Waals surface area contributed by atoms with E-state index in [1.165, 1.54) is 27.6 Å². The molecule has 0 bridgehead atoms. The Balaban J connectivity index is 0.994. The number of ether oxygens (including phenoxy) is 1. The highest BCUT2D eigenvalue weighted by Gasteiger charge is 2.54. The number of halogens is 2. The molecule has 2 aliphatic heterocycles. The number of carbonyl (C=O) groups excluding carboxylic acids is 1. The molecule has 2 aliphatic carbocycles. The Bertz CT molecular complexity index is 3390. The number of aromatic amines is 1. The Morgan fingerprint density at radius 2 is 1.77 bits per heavy atom. The summed E-state index contributed by atoms with van der Waals surface area (Å²) in [6, 6.07) is 13.7. The molecule has 15 nitrogen and oxygen atoms in total. The second-order valence-corrected chi connectivity index (χ2v) is 18.9. The van der Waals surface area contributed by atoms with Gasteiger partial charge in [-0.2, -0.15) is 10.2 Å². The van der Waals surface area contributed by atoms with Gasteiger partial charge in [0.1, 0.15) is 11.6 Å². The molecule has 6 aromatic heterocycles. The van der Waals surface area contributed by atoms with Crippen molar-refractivity contribution >= 4 is 22.3 Å². The number of aryl methyl sites for hydroxylation is 1. The molecule has 1 N–H and O–H groups in total. The fourth-order valence-corrected chi connectivity index (χ4v) is 10.7. The predicted octanol–water partition coefficient (Wildman–Crippen LogP) is 7.30. The molecule has 1 amide bonds. The molecule has 8 heterocycles. The van der Waals surface area contributed by atoms with Gasteiger partial charge in [0.25, 0.3) is 5.91 Å². The lowest BCUT2D eigenvalue weighted by Gasteiger charge is -2.35. The summed E-state index contributed by atoms with van der Waals surface area (Å²) in [4.78, 5) is 47.1. The largest absolute Gasteiger partial charge is 0.438 e. The van der Waals surface area contributed by atoms with Crippen LogP contribution in [0.4, 0.5) is 8.78 Å². The van der Waals surface area contributed by atoms with Gasteiger partial charge in [0.05, 0.1) is 56.8 Å². The van der Waals surface area contributed by atoms with Crippen LogP contribution in [0.1, 0.15) is 121 Å². The van der Waals surface area contributed by atoms with Crippen molar-refractivity contribution in [3.63, 3.8) is 0 Å². The fraction of sp³-hybridized carbons (Fsp3) is 0.375. The van der Waals surface area contributed by atoms with E-state index in [4.69, 9.17) is 14.4 Å². The number of hydrogen-bond donors (Lipinski definition) is 1. The van der Waals surface area contributed by atoms with Gasteiger partial charge in [-0.15, -0.1) is 0 Å². The van der Waals surface area contributed by atoms with Crippen LogP contribution in [0.25, 0.3) is 33.6 Å². The number of fused-ring (bicyclic) bond motifs is 3. The summed E-state index contributed by atoms with van der Waals surface area (Å²) in [6.07, 6.45) is 11.7. The number of pyridine rings is 1. The molecule has 17 heteroatoms. The number of rotatable bonds is 8. The maximum Gasteiger partial charge on any atom is 0.438 e.